The summed E-state index contributed by atoms with van der Waals surface area (Å²) in [6.07, 6.45) is 0.0581. The highest BCUT2D eigenvalue weighted by Crippen LogP contribution is 2.22. The van der Waals surface area contributed by atoms with Gasteiger partial charge in [-0.25, -0.2) is 4.79 Å². The lowest BCUT2D eigenvalue weighted by Gasteiger charge is -2.19. The van der Waals surface area contributed by atoms with Crippen molar-refractivity contribution in [3.05, 3.63) is 70.8 Å². The maximum atomic E-state index is 12.1. The van der Waals surface area contributed by atoms with Gasteiger partial charge in [0.05, 0.1) is 12.0 Å². The second-order valence-electron chi connectivity index (χ2n) is 6.86. The maximum Gasteiger partial charge on any atom is 0.335 e. The van der Waals surface area contributed by atoms with Gasteiger partial charge in [-0.2, -0.15) is 0 Å². The number of carboxylic acid groups (broad SMARTS) is 1. The van der Waals surface area contributed by atoms with Crippen molar-refractivity contribution in [2.45, 2.75) is 39.2 Å². The molecule has 0 fully saturated rings. The summed E-state index contributed by atoms with van der Waals surface area (Å²) in [5.74, 6) is -1.21. The molecule has 0 aliphatic rings. The van der Waals surface area contributed by atoms with Gasteiger partial charge in [0.2, 0.25) is 5.91 Å². The molecular weight excluding hydrogens is 302 g/mol. The first-order valence-corrected chi connectivity index (χ1v) is 7.94. The molecule has 0 aliphatic heterocycles. The van der Waals surface area contributed by atoms with Gasteiger partial charge in [0, 0.05) is 6.54 Å². The summed E-state index contributed by atoms with van der Waals surface area (Å²) in [5.41, 5.74) is 3.05. The Bertz CT molecular complexity index is 727. The number of rotatable bonds is 5. The average molecular weight is 325 g/mol. The molecule has 2 N–H and O–H groups in total. The van der Waals surface area contributed by atoms with E-state index in [1.807, 2.05) is 12.1 Å². The Morgan fingerprint density at radius 2 is 1.62 bits per heavy atom. The zero-order chi connectivity index (χ0) is 17.7. The highest BCUT2D eigenvalue weighted by Gasteiger charge is 2.14. The third-order valence-corrected chi connectivity index (χ3v) is 3.91. The van der Waals surface area contributed by atoms with Crippen molar-refractivity contribution in [1.82, 2.24) is 5.32 Å². The van der Waals surface area contributed by atoms with Crippen LogP contribution in [0.1, 0.15) is 47.8 Å². The van der Waals surface area contributed by atoms with E-state index in [1.54, 1.807) is 18.2 Å². The van der Waals surface area contributed by atoms with Crippen molar-refractivity contribution < 1.29 is 14.7 Å². The van der Waals surface area contributed by atoms with Crippen LogP contribution in [0.5, 0.6) is 0 Å². The van der Waals surface area contributed by atoms with Gasteiger partial charge in [0.15, 0.2) is 0 Å². The van der Waals surface area contributed by atoms with Gasteiger partial charge in [-0.05, 0) is 28.2 Å². The van der Waals surface area contributed by atoms with E-state index in [0.29, 0.717) is 12.1 Å². The van der Waals surface area contributed by atoms with Gasteiger partial charge < -0.3 is 10.4 Å². The van der Waals surface area contributed by atoms with Crippen LogP contribution in [0.3, 0.4) is 0 Å². The minimum absolute atomic E-state index is 0.0581. The molecule has 0 atom stereocenters. The topological polar surface area (TPSA) is 66.4 Å². The summed E-state index contributed by atoms with van der Waals surface area (Å²) in [6, 6.07) is 14.7. The van der Waals surface area contributed by atoms with Crippen LogP contribution in [-0.4, -0.2) is 17.0 Å². The minimum atomic E-state index is -1.02. The van der Waals surface area contributed by atoms with Gasteiger partial charge in [0.1, 0.15) is 0 Å². The summed E-state index contributed by atoms with van der Waals surface area (Å²) in [6.45, 7) is 6.90. The lowest BCUT2D eigenvalue weighted by molar-refractivity contribution is -0.120. The molecule has 0 bridgehead atoms. The summed E-state index contributed by atoms with van der Waals surface area (Å²) >= 11 is 0. The van der Waals surface area contributed by atoms with Gasteiger partial charge in [-0.3, -0.25) is 4.79 Å². The molecule has 126 valence electrons. The SMILES string of the molecule is CC(C)(C)c1ccc(CNC(=O)Cc2ccccc2C(=O)O)cc1. The van der Waals surface area contributed by atoms with Crippen LogP contribution in [0.25, 0.3) is 0 Å². The summed E-state index contributed by atoms with van der Waals surface area (Å²) < 4.78 is 0. The van der Waals surface area contributed by atoms with Gasteiger partial charge in [-0.15, -0.1) is 0 Å². The van der Waals surface area contributed by atoms with Crippen LogP contribution in [0.4, 0.5) is 0 Å². The number of amides is 1. The normalized spacial score (nSPS) is 11.1. The van der Waals surface area contributed by atoms with Crippen LogP contribution in [0.15, 0.2) is 48.5 Å². The maximum absolute atomic E-state index is 12.1. The molecule has 4 nitrogen and oxygen atoms in total. The van der Waals surface area contributed by atoms with E-state index in [1.165, 1.54) is 11.6 Å². The molecule has 0 saturated heterocycles. The fraction of sp³-hybridized carbons (Fsp3) is 0.300. The highest BCUT2D eigenvalue weighted by molar-refractivity contribution is 5.91. The Morgan fingerprint density at radius 1 is 1.00 bits per heavy atom. The lowest BCUT2D eigenvalue weighted by Crippen LogP contribution is -2.25. The molecule has 0 unspecified atom stereocenters. The Kier molecular flexibility index (Phi) is 5.39. The van der Waals surface area contributed by atoms with Crippen LogP contribution < -0.4 is 5.32 Å². The summed E-state index contributed by atoms with van der Waals surface area (Å²) in [4.78, 5) is 23.2. The minimum Gasteiger partial charge on any atom is -0.478 e. The largest absolute Gasteiger partial charge is 0.478 e. The van der Waals surface area contributed by atoms with E-state index in [0.717, 1.165) is 5.56 Å². The Balaban J connectivity index is 1.96. The first kappa shape index (κ1) is 17.7. The van der Waals surface area contributed by atoms with Crippen LogP contribution in [0.2, 0.25) is 0 Å². The lowest BCUT2D eigenvalue weighted by atomic mass is 9.87. The standard InChI is InChI=1S/C20H23NO3/c1-20(2,3)16-10-8-14(9-11-16)13-21-18(22)12-15-6-4-5-7-17(15)19(23)24/h4-11H,12-13H2,1-3H3,(H,21,22)(H,23,24). The van der Waals surface area contributed by atoms with Crippen LogP contribution >= 0.6 is 0 Å². The molecule has 0 aromatic heterocycles. The number of hydrogen-bond acceptors (Lipinski definition) is 2. The predicted octanol–water partition coefficient (Wildman–Crippen LogP) is 3.54. The third kappa shape index (κ3) is 4.69. The van der Waals surface area contributed by atoms with Crippen LogP contribution in [-0.2, 0) is 23.2 Å². The molecule has 4 heteroatoms. The molecule has 0 aliphatic carbocycles. The van der Waals surface area contributed by atoms with E-state index >= 15 is 0 Å². The van der Waals surface area contributed by atoms with Crippen molar-refractivity contribution in [2.75, 3.05) is 0 Å². The molecule has 24 heavy (non-hydrogen) atoms. The van der Waals surface area contributed by atoms with Gasteiger partial charge >= 0.3 is 5.97 Å². The number of carbonyl (C=O) groups is 2. The smallest absolute Gasteiger partial charge is 0.335 e. The number of carbonyl (C=O) groups excluding carboxylic acids is 1. The molecular formula is C20H23NO3. The molecule has 1 amide bonds. The first-order chi connectivity index (χ1) is 11.3. The third-order valence-electron chi connectivity index (χ3n) is 3.91. The van der Waals surface area contributed by atoms with E-state index in [9.17, 15) is 9.59 Å². The second kappa shape index (κ2) is 7.30. The van der Waals surface area contributed by atoms with Crippen LogP contribution in [0, 0.1) is 0 Å². The predicted molar refractivity (Wildman–Crippen MR) is 94.1 cm³/mol. The van der Waals surface area contributed by atoms with E-state index in [4.69, 9.17) is 5.11 Å². The highest BCUT2D eigenvalue weighted by atomic mass is 16.4. The first-order valence-electron chi connectivity index (χ1n) is 7.94. The molecule has 0 radical (unpaired) electrons. The molecule has 0 spiro atoms. The molecule has 0 saturated carbocycles. The molecule has 2 aromatic carbocycles. The van der Waals surface area contributed by atoms with E-state index < -0.39 is 5.97 Å². The zero-order valence-corrected chi connectivity index (χ0v) is 14.3. The number of carboxylic acids is 1. The average Bonchev–Trinajstić information content (AvgIpc) is 2.53. The second-order valence-corrected chi connectivity index (χ2v) is 6.86. The fourth-order valence-electron chi connectivity index (χ4n) is 2.44. The summed E-state index contributed by atoms with van der Waals surface area (Å²) in [7, 11) is 0. The number of nitrogens with one attached hydrogen (secondary N) is 1. The molecule has 2 rings (SSSR count). The Morgan fingerprint density at radius 3 is 2.21 bits per heavy atom. The van der Waals surface area contributed by atoms with Crippen molar-refractivity contribution >= 4 is 11.9 Å². The zero-order valence-electron chi connectivity index (χ0n) is 14.3. The Labute approximate surface area is 142 Å². The van der Waals surface area contributed by atoms with E-state index in [-0.39, 0.29) is 23.3 Å². The van der Waals surface area contributed by atoms with Crippen molar-refractivity contribution in [3.8, 4) is 0 Å². The van der Waals surface area contributed by atoms with Crippen molar-refractivity contribution in [2.24, 2.45) is 0 Å². The fourth-order valence-corrected chi connectivity index (χ4v) is 2.44. The number of aromatic carboxylic acids is 1. The van der Waals surface area contributed by atoms with Gasteiger partial charge in [0.25, 0.3) is 0 Å². The summed E-state index contributed by atoms with van der Waals surface area (Å²) in [5, 5.41) is 12.0. The number of hydrogen-bond donors (Lipinski definition) is 2. The van der Waals surface area contributed by atoms with E-state index in [2.05, 4.69) is 38.2 Å². The Hall–Kier alpha value is -2.62. The monoisotopic (exact) mass is 325 g/mol. The van der Waals surface area contributed by atoms with Gasteiger partial charge in [-0.1, -0.05) is 63.2 Å². The molecule has 2 aromatic rings. The van der Waals surface area contributed by atoms with Crippen molar-refractivity contribution in [3.63, 3.8) is 0 Å². The van der Waals surface area contributed by atoms with Crippen molar-refractivity contribution in [1.29, 1.82) is 0 Å². The molecule has 0 heterocycles. The number of benzene rings is 2. The quantitative estimate of drug-likeness (QED) is 0.883.